The largest absolute Gasteiger partial charge is 0.508 e. The molecule has 0 heterocycles. The Hall–Kier alpha value is -3.21. The smallest absolute Gasteiger partial charge is 0.255 e. The molecule has 10 nitrogen and oxygen atoms in total. The number of nitrogens with two attached hydrogens (primary N) is 1. The van der Waals surface area contributed by atoms with Crippen molar-refractivity contribution in [2.24, 2.45) is 17.6 Å². The normalized spacial score (nSPS) is 31.8. The van der Waals surface area contributed by atoms with Crippen LogP contribution in [0.4, 0.5) is 0 Å². The van der Waals surface area contributed by atoms with Crippen molar-refractivity contribution in [3.8, 4) is 5.75 Å². The molecule has 3 aliphatic carbocycles. The zero-order valence-electron chi connectivity index (χ0n) is 20.7. The van der Waals surface area contributed by atoms with Crippen molar-refractivity contribution in [3.05, 3.63) is 46.2 Å². The van der Waals surface area contributed by atoms with Gasteiger partial charge in [-0.3, -0.25) is 19.3 Å². The Morgan fingerprint density at radius 1 is 1.22 bits per heavy atom. The van der Waals surface area contributed by atoms with Crippen LogP contribution in [0.1, 0.15) is 43.7 Å². The van der Waals surface area contributed by atoms with E-state index in [0.29, 0.717) is 17.9 Å². The van der Waals surface area contributed by atoms with Crippen LogP contribution in [-0.2, 0) is 14.4 Å². The summed E-state index contributed by atoms with van der Waals surface area (Å²) in [4.78, 5) is 40.6. The number of aliphatic hydroxyl groups is 4. The molecule has 10 heteroatoms. The summed E-state index contributed by atoms with van der Waals surface area (Å²) >= 11 is 0. The fourth-order valence-electron chi connectivity index (χ4n) is 6.01. The lowest BCUT2D eigenvalue weighted by Gasteiger charge is -2.53. The summed E-state index contributed by atoms with van der Waals surface area (Å²) in [6, 6.07) is 3.83. The molecule has 0 radical (unpaired) electrons. The van der Waals surface area contributed by atoms with E-state index in [-0.39, 0.29) is 11.1 Å². The van der Waals surface area contributed by atoms with Gasteiger partial charge in [0.25, 0.3) is 5.91 Å². The number of nitrogens with zero attached hydrogens (tertiary/aromatic N) is 1. The van der Waals surface area contributed by atoms with Crippen molar-refractivity contribution >= 4 is 23.2 Å². The quantitative estimate of drug-likeness (QED) is 0.282. The Labute approximate surface area is 208 Å². The number of ketones is 2. The van der Waals surface area contributed by atoms with Gasteiger partial charge in [0.05, 0.1) is 30.2 Å². The van der Waals surface area contributed by atoms with Crippen LogP contribution in [0.15, 0.2) is 35.1 Å². The first-order valence-electron chi connectivity index (χ1n) is 12.0. The first-order chi connectivity index (χ1) is 16.9. The molecule has 3 aliphatic rings. The van der Waals surface area contributed by atoms with Crippen LogP contribution in [0.5, 0.6) is 5.75 Å². The zero-order chi connectivity index (χ0) is 26.7. The second kappa shape index (κ2) is 9.02. The van der Waals surface area contributed by atoms with Crippen LogP contribution in [0, 0.1) is 11.8 Å². The topological polar surface area (TPSA) is 171 Å². The molecule has 1 aromatic rings. The Kier molecular flexibility index (Phi) is 6.48. The Balaban J connectivity index is 1.98. The summed E-state index contributed by atoms with van der Waals surface area (Å²) in [5.41, 5.74) is 2.18. The van der Waals surface area contributed by atoms with Gasteiger partial charge >= 0.3 is 0 Å². The minimum absolute atomic E-state index is 0.268. The number of amides is 1. The molecule has 1 saturated carbocycles. The van der Waals surface area contributed by atoms with Gasteiger partial charge in [-0.2, -0.15) is 0 Å². The number of rotatable bonds is 6. The first-order valence-corrected chi connectivity index (χ1v) is 12.0. The molecule has 0 bridgehead atoms. The van der Waals surface area contributed by atoms with E-state index in [2.05, 4.69) is 0 Å². The van der Waals surface area contributed by atoms with Crippen LogP contribution in [0.3, 0.4) is 0 Å². The molecular formula is C26H32N2O8. The van der Waals surface area contributed by atoms with Crippen LogP contribution < -0.4 is 10.5 Å². The molecule has 0 aliphatic heterocycles. The third-order valence-corrected chi connectivity index (χ3v) is 7.73. The highest BCUT2D eigenvalue weighted by Crippen LogP contribution is 2.56. The SMILES string of the molecule is CCCCOc1cccc2c1C(O)=C1C(=O)[C@]3(O)C(O)=C(C(N)=O)C(=O)[C@@H](N(C)C)C3C(O)C1[C@H]2C. The summed E-state index contributed by atoms with van der Waals surface area (Å²) in [5, 5.41) is 45.6. The number of ether oxygens (including phenoxy) is 1. The number of aliphatic hydroxyl groups excluding tert-OH is 3. The molecule has 1 aromatic carbocycles. The molecule has 3 unspecified atom stereocenters. The van der Waals surface area contributed by atoms with E-state index in [1.165, 1.54) is 19.0 Å². The Morgan fingerprint density at radius 2 is 1.89 bits per heavy atom. The lowest BCUT2D eigenvalue weighted by molar-refractivity contribution is -0.169. The molecular weight excluding hydrogens is 468 g/mol. The van der Waals surface area contributed by atoms with Crippen LogP contribution in [-0.4, -0.2) is 81.2 Å². The van der Waals surface area contributed by atoms with Crippen LogP contribution >= 0.6 is 0 Å². The summed E-state index contributed by atoms with van der Waals surface area (Å²) in [6.07, 6.45) is 0.108. The van der Waals surface area contributed by atoms with E-state index < -0.39 is 70.1 Å². The van der Waals surface area contributed by atoms with Gasteiger partial charge in [0.15, 0.2) is 11.4 Å². The second-order valence-corrected chi connectivity index (χ2v) is 9.97. The van der Waals surface area contributed by atoms with Crippen molar-refractivity contribution in [2.75, 3.05) is 20.7 Å². The fourth-order valence-corrected chi connectivity index (χ4v) is 6.01. The van der Waals surface area contributed by atoms with Crippen molar-refractivity contribution in [3.63, 3.8) is 0 Å². The summed E-state index contributed by atoms with van der Waals surface area (Å²) in [7, 11) is 2.98. The molecule has 1 fully saturated rings. The molecule has 6 atom stereocenters. The molecule has 0 spiro atoms. The van der Waals surface area contributed by atoms with E-state index in [1.54, 1.807) is 25.1 Å². The van der Waals surface area contributed by atoms with Gasteiger partial charge in [0.1, 0.15) is 22.8 Å². The number of hydrogen-bond donors (Lipinski definition) is 5. The highest BCUT2D eigenvalue weighted by atomic mass is 16.5. The summed E-state index contributed by atoms with van der Waals surface area (Å²) in [6.45, 7) is 4.16. The molecule has 0 aromatic heterocycles. The van der Waals surface area contributed by atoms with Gasteiger partial charge in [0.2, 0.25) is 5.78 Å². The molecule has 4 rings (SSSR count). The highest BCUT2D eigenvalue weighted by Gasteiger charge is 2.68. The molecule has 36 heavy (non-hydrogen) atoms. The Bertz CT molecular complexity index is 1200. The molecule has 194 valence electrons. The first kappa shape index (κ1) is 25.9. The minimum Gasteiger partial charge on any atom is -0.508 e. The zero-order valence-corrected chi connectivity index (χ0v) is 20.7. The van der Waals surface area contributed by atoms with E-state index in [4.69, 9.17) is 10.5 Å². The number of Topliss-reactive ketones (excluding diaryl/α,β-unsaturated/α-hetero) is 2. The number of benzene rings is 1. The number of likely N-dealkylation sites (N-methyl/N-ethyl adjacent to an activating group) is 1. The number of fused-ring (bicyclic) bond motifs is 3. The average Bonchev–Trinajstić information content (AvgIpc) is 2.81. The van der Waals surface area contributed by atoms with Gasteiger partial charge in [0, 0.05) is 11.5 Å². The highest BCUT2D eigenvalue weighted by molar-refractivity contribution is 6.24. The molecule has 0 saturated heterocycles. The van der Waals surface area contributed by atoms with Crippen LogP contribution in [0.2, 0.25) is 0 Å². The number of carbonyl (C=O) groups is 3. The van der Waals surface area contributed by atoms with Crippen molar-refractivity contribution in [1.82, 2.24) is 4.90 Å². The molecule has 6 N–H and O–H groups in total. The predicted octanol–water partition coefficient (Wildman–Crippen LogP) is 0.969. The number of primary amides is 1. The standard InChI is InChI=1S/C26H32N2O8/c1-5-6-10-36-13-9-7-8-12-11(2)14-16(20(29)15(12)13)23(32)26(35)18(21(14)30)19(28(3)4)22(31)17(24(26)33)25(27)34/h7-9,11,14,18-19,21,29-30,33,35H,5-6,10H2,1-4H3,(H2,27,34)/t11-,14?,18?,19-,21?,26-/m0/s1. The number of unbranched alkanes of at least 4 members (excludes halogenated alkanes) is 1. The molecule has 1 amide bonds. The summed E-state index contributed by atoms with van der Waals surface area (Å²) < 4.78 is 5.87. The maximum atomic E-state index is 14.0. The maximum absolute atomic E-state index is 14.0. The maximum Gasteiger partial charge on any atom is 0.255 e. The second-order valence-electron chi connectivity index (χ2n) is 9.97. The fraction of sp³-hybridized carbons (Fsp3) is 0.500. The van der Waals surface area contributed by atoms with Crippen molar-refractivity contribution < 1.29 is 39.5 Å². The minimum atomic E-state index is -2.86. The van der Waals surface area contributed by atoms with Gasteiger partial charge in [-0.25, -0.2) is 0 Å². The monoisotopic (exact) mass is 500 g/mol. The third-order valence-electron chi connectivity index (χ3n) is 7.73. The van der Waals surface area contributed by atoms with Crippen molar-refractivity contribution in [1.29, 1.82) is 0 Å². The average molecular weight is 501 g/mol. The van der Waals surface area contributed by atoms with Crippen molar-refractivity contribution in [2.45, 2.75) is 50.4 Å². The number of hydrogen-bond acceptors (Lipinski definition) is 9. The Morgan fingerprint density at radius 3 is 2.47 bits per heavy atom. The van der Waals surface area contributed by atoms with Gasteiger partial charge in [-0.1, -0.05) is 32.4 Å². The van der Waals surface area contributed by atoms with E-state index in [9.17, 15) is 34.8 Å². The lowest BCUT2D eigenvalue weighted by Crippen LogP contribution is -2.70. The van der Waals surface area contributed by atoms with Gasteiger partial charge < -0.3 is 30.9 Å². The van der Waals surface area contributed by atoms with E-state index in [1.807, 2.05) is 6.92 Å². The predicted molar refractivity (Wildman–Crippen MR) is 129 cm³/mol. The lowest BCUT2D eigenvalue weighted by atomic mass is 9.54. The van der Waals surface area contributed by atoms with Gasteiger partial charge in [-0.05, 0) is 38.1 Å². The van der Waals surface area contributed by atoms with Crippen LogP contribution in [0.25, 0.3) is 5.76 Å². The van der Waals surface area contributed by atoms with E-state index >= 15 is 0 Å². The summed E-state index contributed by atoms with van der Waals surface area (Å²) in [5.74, 6) is -7.71. The third kappa shape index (κ3) is 3.39. The van der Waals surface area contributed by atoms with Gasteiger partial charge in [-0.15, -0.1) is 0 Å². The van der Waals surface area contributed by atoms with E-state index in [0.717, 1.165) is 12.8 Å². The number of carbonyl (C=O) groups excluding carboxylic acids is 3.